The summed E-state index contributed by atoms with van der Waals surface area (Å²) in [5, 5.41) is 8.00. The maximum absolute atomic E-state index is 13.0. The molecule has 1 aromatic heterocycles. The second-order valence-electron chi connectivity index (χ2n) is 8.19. The Balaban J connectivity index is 1.47. The molecule has 0 radical (unpaired) electrons. The third-order valence-electron chi connectivity index (χ3n) is 4.09. The van der Waals surface area contributed by atoms with Gasteiger partial charge in [0.1, 0.15) is 5.82 Å². The average molecular weight is 458 g/mol. The molecule has 2 aromatic carbocycles. The van der Waals surface area contributed by atoms with Crippen LogP contribution in [0.15, 0.2) is 58.8 Å². The molecule has 8 heteroatoms. The molecular formula is C23H24FN3O2S2. The molecule has 0 aliphatic carbocycles. The fourth-order valence-corrected chi connectivity index (χ4v) is 4.14. The minimum Gasteiger partial charge on any atom is -0.326 e. The van der Waals surface area contributed by atoms with E-state index in [1.165, 1.54) is 35.2 Å². The van der Waals surface area contributed by atoms with Gasteiger partial charge in [-0.05, 0) is 53.9 Å². The number of carbonyl (C=O) groups excluding carboxylic acids is 2. The molecule has 0 aliphatic heterocycles. The summed E-state index contributed by atoms with van der Waals surface area (Å²) < 4.78 is 13.0. The van der Waals surface area contributed by atoms with Gasteiger partial charge in [-0.2, -0.15) is 0 Å². The molecule has 2 N–H and O–H groups in total. The number of benzene rings is 2. The van der Waals surface area contributed by atoms with Gasteiger partial charge in [0.05, 0.1) is 11.4 Å². The van der Waals surface area contributed by atoms with E-state index in [4.69, 9.17) is 0 Å². The van der Waals surface area contributed by atoms with Crippen LogP contribution in [0.3, 0.4) is 0 Å². The van der Waals surface area contributed by atoms with Crippen molar-refractivity contribution in [2.75, 3.05) is 16.4 Å². The van der Waals surface area contributed by atoms with Crippen molar-refractivity contribution in [1.82, 2.24) is 4.98 Å². The Bertz CT molecular complexity index is 1040. The van der Waals surface area contributed by atoms with E-state index < -0.39 is 0 Å². The second kappa shape index (κ2) is 10.1. The van der Waals surface area contributed by atoms with Crippen LogP contribution >= 0.6 is 23.1 Å². The topological polar surface area (TPSA) is 71.1 Å². The summed E-state index contributed by atoms with van der Waals surface area (Å²) in [6.07, 6.45) is 0.448. The summed E-state index contributed by atoms with van der Waals surface area (Å²) in [6.45, 7) is 6.06. The minimum absolute atomic E-state index is 0.0178. The fraction of sp³-hybridized carbons (Fsp3) is 0.261. The van der Waals surface area contributed by atoms with Gasteiger partial charge in [0.15, 0.2) is 5.13 Å². The van der Waals surface area contributed by atoms with Crippen LogP contribution < -0.4 is 10.6 Å². The first-order valence-corrected chi connectivity index (χ1v) is 11.6. The van der Waals surface area contributed by atoms with Crippen LogP contribution in [0.1, 0.15) is 27.2 Å². The molecule has 0 atom stereocenters. The van der Waals surface area contributed by atoms with Crippen molar-refractivity contribution in [3.8, 4) is 11.3 Å². The first-order chi connectivity index (χ1) is 14.7. The van der Waals surface area contributed by atoms with Crippen LogP contribution in [0.25, 0.3) is 11.3 Å². The molecule has 3 aromatic rings. The number of aromatic nitrogens is 1. The van der Waals surface area contributed by atoms with Crippen molar-refractivity contribution in [3.05, 3.63) is 59.7 Å². The quantitative estimate of drug-likeness (QED) is 0.423. The van der Waals surface area contributed by atoms with Crippen LogP contribution in [-0.4, -0.2) is 22.6 Å². The first-order valence-electron chi connectivity index (χ1n) is 9.72. The molecule has 2 amide bonds. The lowest BCUT2D eigenvalue weighted by Crippen LogP contribution is -2.19. The van der Waals surface area contributed by atoms with E-state index in [0.29, 0.717) is 17.2 Å². The first kappa shape index (κ1) is 23.0. The summed E-state index contributed by atoms with van der Waals surface area (Å²) in [5.41, 5.74) is 2.16. The van der Waals surface area contributed by atoms with Crippen LogP contribution in [-0.2, 0) is 9.59 Å². The molecule has 3 rings (SSSR count). The zero-order valence-corrected chi connectivity index (χ0v) is 19.2. The van der Waals surface area contributed by atoms with Crippen LogP contribution in [0, 0.1) is 11.2 Å². The number of thiazole rings is 1. The Morgan fingerprint density at radius 1 is 1.00 bits per heavy atom. The largest absolute Gasteiger partial charge is 0.326 e. The smallest absolute Gasteiger partial charge is 0.236 e. The number of nitrogens with one attached hydrogen (secondary N) is 2. The SMILES string of the molecule is CC(C)(C)CC(=O)Nc1ccc(SCC(=O)Nc2nc(-c3ccc(F)cc3)cs2)cc1. The van der Waals surface area contributed by atoms with Crippen molar-refractivity contribution >= 4 is 45.7 Å². The lowest BCUT2D eigenvalue weighted by atomic mass is 9.92. The third kappa shape index (κ3) is 7.48. The Labute approximate surface area is 189 Å². The minimum atomic E-state index is -0.301. The van der Waals surface area contributed by atoms with Crippen LogP contribution in [0.4, 0.5) is 15.2 Å². The number of hydrogen-bond acceptors (Lipinski definition) is 5. The average Bonchev–Trinajstić information content (AvgIpc) is 3.15. The number of halogens is 1. The third-order valence-corrected chi connectivity index (χ3v) is 5.86. The molecule has 0 aliphatic rings. The van der Waals surface area contributed by atoms with Gasteiger partial charge in [-0.1, -0.05) is 20.8 Å². The number of rotatable bonds is 7. The predicted octanol–water partition coefficient (Wildman–Crippen LogP) is 6.05. The zero-order valence-electron chi connectivity index (χ0n) is 17.6. The predicted molar refractivity (Wildman–Crippen MR) is 126 cm³/mol. The maximum atomic E-state index is 13.0. The number of amides is 2. The van der Waals surface area contributed by atoms with Crippen molar-refractivity contribution in [3.63, 3.8) is 0 Å². The van der Waals surface area contributed by atoms with Crippen LogP contribution in [0.5, 0.6) is 0 Å². The summed E-state index contributed by atoms with van der Waals surface area (Å²) in [5.74, 6) is -0.241. The fourth-order valence-electron chi connectivity index (χ4n) is 2.71. The molecule has 162 valence electrons. The van der Waals surface area contributed by atoms with Crippen molar-refractivity contribution in [2.45, 2.75) is 32.1 Å². The van der Waals surface area contributed by atoms with Gasteiger partial charge in [0, 0.05) is 27.9 Å². The molecule has 5 nitrogen and oxygen atoms in total. The van der Waals surface area contributed by atoms with Gasteiger partial charge in [-0.15, -0.1) is 23.1 Å². The number of nitrogens with zero attached hydrogens (tertiary/aromatic N) is 1. The van der Waals surface area contributed by atoms with Gasteiger partial charge in [0.25, 0.3) is 0 Å². The van der Waals surface area contributed by atoms with Gasteiger partial charge in [-0.25, -0.2) is 9.37 Å². The molecule has 0 unspecified atom stereocenters. The summed E-state index contributed by atoms with van der Waals surface area (Å²) in [4.78, 5) is 29.6. The van der Waals surface area contributed by atoms with Gasteiger partial charge < -0.3 is 10.6 Å². The highest BCUT2D eigenvalue weighted by Crippen LogP contribution is 2.26. The number of thioether (sulfide) groups is 1. The molecule has 1 heterocycles. The standard InChI is InChI=1S/C23H24FN3O2S2/c1-23(2,3)12-20(28)25-17-8-10-18(11-9-17)30-14-21(29)27-22-26-19(13-31-22)15-4-6-16(24)7-5-15/h4-11,13H,12,14H2,1-3H3,(H,25,28)(H,26,27,29). The van der Waals surface area contributed by atoms with Crippen molar-refractivity contribution < 1.29 is 14.0 Å². The second-order valence-corrected chi connectivity index (χ2v) is 10.1. The summed E-state index contributed by atoms with van der Waals surface area (Å²) in [6, 6.07) is 13.5. The molecule has 0 saturated heterocycles. The molecule has 31 heavy (non-hydrogen) atoms. The molecule has 0 bridgehead atoms. The molecule has 0 fully saturated rings. The van der Waals surface area contributed by atoms with E-state index in [1.54, 1.807) is 12.1 Å². The normalized spacial score (nSPS) is 11.2. The molecule has 0 saturated carbocycles. The van der Waals surface area contributed by atoms with Gasteiger partial charge >= 0.3 is 0 Å². The number of anilines is 2. The highest BCUT2D eigenvalue weighted by molar-refractivity contribution is 8.00. The van der Waals surface area contributed by atoms with Gasteiger partial charge in [0.2, 0.25) is 11.8 Å². The van der Waals surface area contributed by atoms with E-state index >= 15 is 0 Å². The highest BCUT2D eigenvalue weighted by atomic mass is 32.2. The Hall–Kier alpha value is -2.71. The Kier molecular flexibility index (Phi) is 7.46. The molecule has 0 spiro atoms. The monoisotopic (exact) mass is 457 g/mol. The van der Waals surface area contributed by atoms with Crippen LogP contribution in [0.2, 0.25) is 0 Å². The van der Waals surface area contributed by atoms with E-state index in [0.717, 1.165) is 16.1 Å². The Morgan fingerprint density at radius 3 is 2.32 bits per heavy atom. The highest BCUT2D eigenvalue weighted by Gasteiger charge is 2.16. The zero-order chi connectivity index (χ0) is 22.4. The lowest BCUT2D eigenvalue weighted by Gasteiger charge is -2.17. The Morgan fingerprint density at radius 2 is 1.68 bits per heavy atom. The molecular weight excluding hydrogens is 433 g/mol. The van der Waals surface area contributed by atoms with E-state index in [1.807, 2.05) is 50.4 Å². The number of carbonyl (C=O) groups is 2. The van der Waals surface area contributed by atoms with Crippen molar-refractivity contribution in [2.24, 2.45) is 5.41 Å². The number of hydrogen-bond donors (Lipinski definition) is 2. The summed E-state index contributed by atoms with van der Waals surface area (Å²) >= 11 is 2.72. The van der Waals surface area contributed by atoms with E-state index in [2.05, 4.69) is 15.6 Å². The van der Waals surface area contributed by atoms with E-state index in [9.17, 15) is 14.0 Å². The summed E-state index contributed by atoms with van der Waals surface area (Å²) in [7, 11) is 0. The van der Waals surface area contributed by atoms with Crippen molar-refractivity contribution in [1.29, 1.82) is 0 Å². The maximum Gasteiger partial charge on any atom is 0.236 e. The lowest BCUT2D eigenvalue weighted by molar-refractivity contribution is -0.118. The van der Waals surface area contributed by atoms with E-state index in [-0.39, 0.29) is 28.8 Å². The van der Waals surface area contributed by atoms with Gasteiger partial charge in [-0.3, -0.25) is 9.59 Å².